The summed E-state index contributed by atoms with van der Waals surface area (Å²) in [6.45, 7) is 3.57. The first-order valence-electron chi connectivity index (χ1n) is 7.64. The van der Waals surface area contributed by atoms with Gasteiger partial charge in [0.25, 0.3) is 0 Å². The summed E-state index contributed by atoms with van der Waals surface area (Å²) in [5, 5.41) is 13.6. The number of methoxy groups -OCH3 is 1. The summed E-state index contributed by atoms with van der Waals surface area (Å²) in [6.07, 6.45) is 0. The number of nitrogens with one attached hydrogen (secondary N) is 2. The molecule has 2 N–H and O–H groups in total. The molecule has 2 rings (SSSR count). The van der Waals surface area contributed by atoms with Gasteiger partial charge >= 0.3 is 5.97 Å². The van der Waals surface area contributed by atoms with E-state index in [9.17, 15) is 14.4 Å². The largest absolute Gasteiger partial charge is 0.465 e. The molecule has 2 amide bonds. The first kappa shape index (κ1) is 19.9. The van der Waals surface area contributed by atoms with Crippen molar-refractivity contribution in [3.8, 4) is 0 Å². The number of nitrogens with zero attached hydrogens (tertiary/aromatic N) is 2. The molecule has 10 heteroatoms. The number of amides is 2. The molecular weight excluding hydrogens is 376 g/mol. The Hall–Kier alpha value is -2.46. The average molecular weight is 394 g/mol. The summed E-state index contributed by atoms with van der Waals surface area (Å²) >= 11 is 2.44. The summed E-state index contributed by atoms with van der Waals surface area (Å²) in [6, 6.07) is 6.39. The van der Waals surface area contributed by atoms with Crippen molar-refractivity contribution < 1.29 is 19.1 Å². The van der Waals surface area contributed by atoms with E-state index in [-0.39, 0.29) is 23.5 Å². The number of carbonyl (C=O) groups excluding carboxylic acids is 3. The second-order valence-electron chi connectivity index (χ2n) is 5.42. The van der Waals surface area contributed by atoms with Gasteiger partial charge in [-0.15, -0.1) is 10.2 Å². The van der Waals surface area contributed by atoms with Crippen molar-refractivity contribution in [2.45, 2.75) is 18.2 Å². The first-order valence-corrected chi connectivity index (χ1v) is 9.44. The van der Waals surface area contributed by atoms with Crippen LogP contribution in [-0.2, 0) is 14.3 Å². The van der Waals surface area contributed by atoms with Gasteiger partial charge in [0.05, 0.1) is 18.4 Å². The molecule has 0 fully saturated rings. The molecule has 138 valence electrons. The van der Waals surface area contributed by atoms with E-state index < -0.39 is 5.97 Å². The Morgan fingerprint density at radius 1 is 1.15 bits per heavy atom. The second kappa shape index (κ2) is 9.30. The minimum atomic E-state index is -0.435. The minimum Gasteiger partial charge on any atom is -0.465 e. The molecule has 0 radical (unpaired) electrons. The lowest BCUT2D eigenvalue weighted by Gasteiger charge is -2.05. The highest BCUT2D eigenvalue weighted by atomic mass is 32.2. The zero-order valence-corrected chi connectivity index (χ0v) is 16.1. The topological polar surface area (TPSA) is 110 Å². The van der Waals surface area contributed by atoms with Gasteiger partial charge in [-0.3, -0.25) is 9.59 Å². The summed E-state index contributed by atoms with van der Waals surface area (Å²) in [4.78, 5) is 35.0. The van der Waals surface area contributed by atoms with Crippen LogP contribution in [0.5, 0.6) is 0 Å². The molecule has 26 heavy (non-hydrogen) atoms. The number of rotatable bonds is 7. The van der Waals surface area contributed by atoms with Gasteiger partial charge < -0.3 is 15.4 Å². The molecule has 0 atom stereocenters. The van der Waals surface area contributed by atoms with E-state index >= 15 is 0 Å². The highest BCUT2D eigenvalue weighted by Crippen LogP contribution is 2.25. The number of ether oxygens (including phenoxy) is 1. The van der Waals surface area contributed by atoms with Gasteiger partial charge in [0, 0.05) is 11.6 Å². The summed E-state index contributed by atoms with van der Waals surface area (Å²) in [7, 11) is 1.31. The van der Waals surface area contributed by atoms with Crippen LogP contribution in [0.25, 0.3) is 0 Å². The van der Waals surface area contributed by atoms with Crippen molar-refractivity contribution in [3.05, 3.63) is 29.8 Å². The van der Waals surface area contributed by atoms with Gasteiger partial charge in [0.2, 0.25) is 16.9 Å². The van der Waals surface area contributed by atoms with Crippen LogP contribution in [0.15, 0.2) is 28.6 Å². The van der Waals surface area contributed by atoms with Gasteiger partial charge in [-0.2, -0.15) is 0 Å². The molecule has 1 aromatic carbocycles. The fraction of sp³-hybridized carbons (Fsp3) is 0.312. The van der Waals surface area contributed by atoms with E-state index in [2.05, 4.69) is 25.6 Å². The third-order valence-corrected chi connectivity index (χ3v) is 5.05. The lowest BCUT2D eigenvalue weighted by molar-refractivity contribution is -0.119. The number of carbonyl (C=O) groups is 3. The van der Waals surface area contributed by atoms with E-state index in [1.807, 2.05) is 0 Å². The molecule has 8 nitrogen and oxygen atoms in total. The van der Waals surface area contributed by atoms with Crippen LogP contribution in [0, 0.1) is 5.92 Å². The Balaban J connectivity index is 1.82. The first-order chi connectivity index (χ1) is 12.4. The highest BCUT2D eigenvalue weighted by Gasteiger charge is 2.13. The molecule has 0 spiro atoms. The zero-order chi connectivity index (χ0) is 19.1. The second-order valence-corrected chi connectivity index (χ2v) is 7.62. The van der Waals surface area contributed by atoms with Crippen LogP contribution in [0.1, 0.15) is 24.2 Å². The van der Waals surface area contributed by atoms with E-state index in [4.69, 9.17) is 0 Å². The maximum Gasteiger partial charge on any atom is 0.337 e. The molecule has 0 aliphatic rings. The molecule has 1 heterocycles. The fourth-order valence-electron chi connectivity index (χ4n) is 1.70. The predicted octanol–water partition coefficient (Wildman–Crippen LogP) is 2.65. The maximum atomic E-state index is 12.0. The van der Waals surface area contributed by atoms with Gasteiger partial charge in [-0.25, -0.2) is 4.79 Å². The number of esters is 1. The van der Waals surface area contributed by atoms with Gasteiger partial charge in [-0.1, -0.05) is 36.9 Å². The van der Waals surface area contributed by atoms with Crippen LogP contribution < -0.4 is 10.6 Å². The number of hydrogen-bond donors (Lipinski definition) is 2. The molecule has 0 saturated heterocycles. The van der Waals surface area contributed by atoms with Crippen LogP contribution >= 0.6 is 23.1 Å². The number of aromatic nitrogens is 2. The lowest BCUT2D eigenvalue weighted by Crippen LogP contribution is -2.17. The van der Waals surface area contributed by atoms with Crippen LogP contribution in [0.2, 0.25) is 0 Å². The van der Waals surface area contributed by atoms with Gasteiger partial charge in [0.15, 0.2) is 4.34 Å². The molecule has 0 bridgehead atoms. The third kappa shape index (κ3) is 5.81. The van der Waals surface area contributed by atoms with Crippen LogP contribution in [-0.4, -0.2) is 40.8 Å². The summed E-state index contributed by atoms with van der Waals surface area (Å²) in [5.74, 6) is -0.790. The normalized spacial score (nSPS) is 10.5. The Morgan fingerprint density at radius 2 is 1.85 bits per heavy atom. The standard InChI is InChI=1S/C16H18N4O4S2/c1-9(2)13(22)18-15-19-20-16(26-15)25-8-12(21)17-11-6-4-10(5-7-11)14(23)24-3/h4-7,9H,8H2,1-3H3,(H,17,21)(H,18,19,22). The third-order valence-electron chi connectivity index (χ3n) is 3.08. The Kier molecular flexibility index (Phi) is 7.10. The quantitative estimate of drug-likeness (QED) is 0.422. The maximum absolute atomic E-state index is 12.0. The predicted molar refractivity (Wildman–Crippen MR) is 101 cm³/mol. The van der Waals surface area contributed by atoms with Gasteiger partial charge in [-0.05, 0) is 24.3 Å². The Bertz CT molecular complexity index is 790. The molecule has 0 aliphatic carbocycles. The average Bonchev–Trinajstić information content (AvgIpc) is 3.07. The SMILES string of the molecule is COC(=O)c1ccc(NC(=O)CSc2nnc(NC(=O)C(C)C)s2)cc1. The highest BCUT2D eigenvalue weighted by molar-refractivity contribution is 8.01. The number of hydrogen-bond acceptors (Lipinski definition) is 8. The van der Waals surface area contributed by atoms with E-state index in [1.165, 1.54) is 30.2 Å². The Morgan fingerprint density at radius 3 is 2.46 bits per heavy atom. The monoisotopic (exact) mass is 394 g/mol. The van der Waals surface area contributed by atoms with Crippen LogP contribution in [0.4, 0.5) is 10.8 Å². The van der Waals surface area contributed by atoms with Crippen molar-refractivity contribution in [1.82, 2.24) is 10.2 Å². The molecule has 1 aromatic heterocycles. The van der Waals surface area contributed by atoms with Crippen molar-refractivity contribution in [2.24, 2.45) is 5.92 Å². The van der Waals surface area contributed by atoms with Crippen molar-refractivity contribution >= 4 is 51.7 Å². The number of anilines is 2. The van der Waals surface area contributed by atoms with E-state index in [0.717, 1.165) is 0 Å². The lowest BCUT2D eigenvalue weighted by atomic mass is 10.2. The minimum absolute atomic E-state index is 0.133. The van der Waals surface area contributed by atoms with E-state index in [0.29, 0.717) is 20.7 Å². The van der Waals surface area contributed by atoms with Crippen LogP contribution in [0.3, 0.4) is 0 Å². The fourth-order valence-corrected chi connectivity index (χ4v) is 3.26. The molecule has 2 aromatic rings. The number of benzene rings is 1. The van der Waals surface area contributed by atoms with Crippen molar-refractivity contribution in [2.75, 3.05) is 23.5 Å². The summed E-state index contributed by atoms with van der Waals surface area (Å²) in [5.41, 5.74) is 0.982. The molecule has 0 aliphatic heterocycles. The van der Waals surface area contributed by atoms with Crippen molar-refractivity contribution in [3.63, 3.8) is 0 Å². The molecule has 0 saturated carbocycles. The molecule has 0 unspecified atom stereocenters. The molecular formula is C16H18N4O4S2. The van der Waals surface area contributed by atoms with Crippen molar-refractivity contribution in [1.29, 1.82) is 0 Å². The summed E-state index contributed by atoms with van der Waals surface area (Å²) < 4.78 is 5.20. The number of thioether (sulfide) groups is 1. The van der Waals surface area contributed by atoms with Gasteiger partial charge in [0.1, 0.15) is 0 Å². The Labute approximate surface area is 158 Å². The smallest absolute Gasteiger partial charge is 0.337 e. The zero-order valence-electron chi connectivity index (χ0n) is 14.4. The van der Waals surface area contributed by atoms with E-state index in [1.54, 1.807) is 38.1 Å².